The van der Waals surface area contributed by atoms with Crippen molar-refractivity contribution in [1.29, 1.82) is 0 Å². The number of nitrogens with zero attached hydrogens (tertiary/aromatic N) is 2. The Hall–Kier alpha value is -4.93. The predicted octanol–water partition coefficient (Wildman–Crippen LogP) is 5.65. The van der Waals surface area contributed by atoms with Gasteiger partial charge >= 0.3 is 18.4 Å². The molecule has 3 N–H and O–H groups in total. The van der Waals surface area contributed by atoms with Gasteiger partial charge in [-0.1, -0.05) is 26.0 Å². The van der Waals surface area contributed by atoms with Gasteiger partial charge in [-0.2, -0.15) is 26.3 Å². The lowest BCUT2D eigenvalue weighted by Gasteiger charge is -2.38. The number of carbonyl (C=O) groups excluding carboxylic acids is 4. The van der Waals surface area contributed by atoms with Gasteiger partial charge in [0.25, 0.3) is 5.91 Å². The summed E-state index contributed by atoms with van der Waals surface area (Å²) in [5.41, 5.74) is -6.02. The molecule has 4 heterocycles. The largest absolute Gasteiger partial charge is 0.497 e. The second kappa shape index (κ2) is 17.7. The summed E-state index contributed by atoms with van der Waals surface area (Å²) in [5.74, 6) is -5.06. The summed E-state index contributed by atoms with van der Waals surface area (Å²) in [6, 6.07) is 0.577. The zero-order valence-corrected chi connectivity index (χ0v) is 36.5. The SMILES string of the molecule is COc1ccc2c(O[C@@H]3C[C@H]4C(=O)N[C@]5(C(=O)NS(=O)(=O)C6(CF)CC6)C[C@H]5/C=C\CC[C@H](C)C[C@@H](C)[C@H](NC(=O)OC5(C(F)(F)F)CCCOC5)C(=O)N4C3)ncc(C(F)(F)F)c2c1. The molecule has 0 radical (unpaired) electrons. The first kappa shape index (κ1) is 48.0. The topological polar surface area (TPSA) is 192 Å². The molecule has 1 aromatic carbocycles. The summed E-state index contributed by atoms with van der Waals surface area (Å²) in [4.78, 5) is 61.9. The standard InChI is InChI=1S/C42H50F7N5O10S/c1-23-7-4-5-8-25-18-40(25,36(57)53-65(59,60)38(21-43)12-13-38)52-33(55)31-17-27(63-34-28-10-9-26(61-3)16-29(28)30(19-50-34)41(44,45)46)20-54(31)35(56)32(24(2)15-23)51-37(58)64-39(42(47,48)49)11-6-14-62-22-39/h5,8-10,16,19,23-25,27,31-32H,4,6-7,11-15,17-18,20-22H2,1-3H3,(H,51,58)(H,52,55)(H,53,57)/b8-5-/t23-,24+,25+,27+,31-,32-,39?,40+/m0/s1. The zero-order chi connectivity index (χ0) is 47.3. The number of rotatable bonds is 9. The molecule has 7 rings (SSSR count). The lowest BCUT2D eigenvalue weighted by molar-refractivity contribution is -0.285. The van der Waals surface area contributed by atoms with Crippen LogP contribution in [0.2, 0.25) is 0 Å². The zero-order valence-electron chi connectivity index (χ0n) is 35.7. The Morgan fingerprint density at radius 1 is 1.06 bits per heavy atom. The number of halogens is 7. The molecule has 4 fully saturated rings. The average molecular weight is 950 g/mol. The van der Waals surface area contributed by atoms with E-state index in [9.17, 15) is 58.3 Å². The van der Waals surface area contributed by atoms with Crippen molar-refractivity contribution >= 4 is 44.6 Å². The summed E-state index contributed by atoms with van der Waals surface area (Å²) >= 11 is 0. The summed E-state index contributed by atoms with van der Waals surface area (Å²) in [6.07, 6.45) is -8.83. The summed E-state index contributed by atoms with van der Waals surface area (Å²) < 4.78 is 148. The Bertz CT molecular complexity index is 2320. The van der Waals surface area contributed by atoms with Crippen LogP contribution in [0.25, 0.3) is 10.8 Å². The number of benzene rings is 1. The number of pyridine rings is 1. The molecule has 2 saturated carbocycles. The van der Waals surface area contributed by atoms with E-state index in [1.54, 1.807) is 19.1 Å². The van der Waals surface area contributed by atoms with Crippen LogP contribution in [-0.2, 0) is 40.1 Å². The summed E-state index contributed by atoms with van der Waals surface area (Å²) in [6.45, 7) is 0.717. The van der Waals surface area contributed by atoms with Crippen molar-refractivity contribution in [1.82, 2.24) is 25.2 Å². The number of nitrogens with one attached hydrogen (secondary N) is 3. The van der Waals surface area contributed by atoms with Crippen LogP contribution in [0, 0.1) is 17.8 Å². The van der Waals surface area contributed by atoms with E-state index >= 15 is 0 Å². The number of alkyl carbamates (subject to hydrolysis) is 1. The maximum atomic E-state index is 14.9. The van der Waals surface area contributed by atoms with E-state index in [1.807, 2.05) is 11.6 Å². The number of hydrogen-bond acceptors (Lipinski definition) is 11. The normalized spacial score (nSPS) is 31.3. The molecule has 2 saturated heterocycles. The third-order valence-electron chi connectivity index (χ3n) is 13.2. The fourth-order valence-corrected chi connectivity index (χ4v) is 10.4. The molecule has 65 heavy (non-hydrogen) atoms. The first-order chi connectivity index (χ1) is 30.5. The van der Waals surface area contributed by atoms with Crippen molar-refractivity contribution in [2.75, 3.05) is 33.5 Å². The van der Waals surface area contributed by atoms with Crippen LogP contribution in [0.5, 0.6) is 11.6 Å². The molecule has 2 aromatic rings. The number of alkyl halides is 7. The molecule has 2 aliphatic carbocycles. The van der Waals surface area contributed by atoms with E-state index in [-0.39, 0.29) is 67.0 Å². The first-order valence-corrected chi connectivity index (χ1v) is 22.7. The second-order valence-electron chi connectivity index (χ2n) is 17.9. The number of aromatic nitrogens is 1. The minimum absolute atomic E-state index is 0.000434. The lowest BCUT2D eigenvalue weighted by atomic mass is 9.88. The van der Waals surface area contributed by atoms with Crippen molar-refractivity contribution in [3.05, 3.63) is 42.1 Å². The van der Waals surface area contributed by atoms with E-state index in [1.165, 1.54) is 19.2 Å². The monoisotopic (exact) mass is 949 g/mol. The van der Waals surface area contributed by atoms with Gasteiger partial charge in [-0.15, -0.1) is 0 Å². The Labute approximate surface area is 369 Å². The number of hydrogen-bond donors (Lipinski definition) is 3. The molecule has 5 aliphatic rings. The molecule has 15 nitrogen and oxygen atoms in total. The minimum atomic E-state index is -5.05. The molecule has 4 amide bonds. The van der Waals surface area contributed by atoms with Gasteiger partial charge < -0.3 is 34.5 Å². The molecular weight excluding hydrogens is 900 g/mol. The number of amides is 4. The highest BCUT2D eigenvalue weighted by molar-refractivity contribution is 7.91. The number of ether oxygens (including phenoxy) is 4. The van der Waals surface area contributed by atoms with Gasteiger partial charge in [0.1, 0.15) is 40.9 Å². The third-order valence-corrected chi connectivity index (χ3v) is 15.3. The highest BCUT2D eigenvalue weighted by atomic mass is 32.2. The van der Waals surface area contributed by atoms with E-state index in [0.29, 0.717) is 19.0 Å². The molecule has 358 valence electrons. The molecule has 0 bridgehead atoms. The molecular formula is C42H50F7N5O10S. The van der Waals surface area contributed by atoms with Crippen LogP contribution in [0.4, 0.5) is 35.5 Å². The fourth-order valence-electron chi connectivity index (χ4n) is 9.02. The predicted molar refractivity (Wildman–Crippen MR) is 215 cm³/mol. The number of sulfonamides is 1. The quantitative estimate of drug-likeness (QED) is 0.208. The molecule has 1 unspecified atom stereocenters. The lowest BCUT2D eigenvalue weighted by Crippen LogP contribution is -2.60. The van der Waals surface area contributed by atoms with Crippen LogP contribution in [0.15, 0.2) is 36.5 Å². The molecule has 0 spiro atoms. The van der Waals surface area contributed by atoms with Crippen LogP contribution in [0.1, 0.15) is 77.2 Å². The third kappa shape index (κ3) is 9.53. The fraction of sp³-hybridized carbons (Fsp3) is 0.643. The van der Waals surface area contributed by atoms with E-state index in [4.69, 9.17) is 18.9 Å². The molecule has 23 heteroatoms. The van der Waals surface area contributed by atoms with E-state index in [0.717, 1.165) is 11.0 Å². The summed E-state index contributed by atoms with van der Waals surface area (Å²) in [5, 5.41) is 4.51. The maximum Gasteiger partial charge on any atom is 0.430 e. The Morgan fingerprint density at radius 3 is 2.43 bits per heavy atom. The van der Waals surface area contributed by atoms with E-state index < -0.39 is 130 Å². The van der Waals surface area contributed by atoms with Gasteiger partial charge in [-0.25, -0.2) is 22.6 Å². The van der Waals surface area contributed by atoms with E-state index in [2.05, 4.69) is 15.6 Å². The minimum Gasteiger partial charge on any atom is -0.497 e. The smallest absolute Gasteiger partial charge is 0.430 e. The van der Waals surface area contributed by atoms with Gasteiger partial charge in [-0.3, -0.25) is 19.1 Å². The van der Waals surface area contributed by atoms with Crippen LogP contribution >= 0.6 is 0 Å². The number of carbonyl (C=O) groups is 4. The molecule has 8 atom stereocenters. The van der Waals surface area contributed by atoms with Crippen LogP contribution in [-0.4, -0.2) is 116 Å². The van der Waals surface area contributed by atoms with Gasteiger partial charge in [0.05, 0.1) is 25.8 Å². The number of allylic oxidation sites excluding steroid dienone is 1. The highest BCUT2D eigenvalue weighted by Crippen LogP contribution is 2.48. The van der Waals surface area contributed by atoms with Crippen molar-refractivity contribution in [2.45, 2.75) is 118 Å². The molecule has 1 aromatic heterocycles. The van der Waals surface area contributed by atoms with Crippen LogP contribution in [0.3, 0.4) is 0 Å². The van der Waals surface area contributed by atoms with Gasteiger partial charge in [0.2, 0.25) is 33.3 Å². The van der Waals surface area contributed by atoms with Gasteiger partial charge in [-0.05, 0) is 75.0 Å². The maximum absolute atomic E-state index is 14.9. The second-order valence-corrected chi connectivity index (χ2v) is 20.0. The Kier molecular flexibility index (Phi) is 13.1. The highest BCUT2D eigenvalue weighted by Gasteiger charge is 2.64. The number of fused-ring (bicyclic) bond motifs is 3. The Balaban J connectivity index is 1.25. The number of methoxy groups -OCH3 is 1. The van der Waals surface area contributed by atoms with Crippen molar-refractivity contribution in [3.63, 3.8) is 0 Å². The van der Waals surface area contributed by atoms with Crippen molar-refractivity contribution < 1.29 is 77.3 Å². The van der Waals surface area contributed by atoms with Crippen molar-refractivity contribution in [3.8, 4) is 11.6 Å². The summed E-state index contributed by atoms with van der Waals surface area (Å²) in [7, 11) is -3.29. The van der Waals surface area contributed by atoms with Crippen molar-refractivity contribution in [2.24, 2.45) is 17.8 Å². The average Bonchev–Trinajstić information content (AvgIpc) is 4.15. The van der Waals surface area contributed by atoms with Crippen LogP contribution < -0.4 is 24.8 Å². The van der Waals surface area contributed by atoms with Gasteiger partial charge in [0, 0.05) is 42.3 Å². The molecule has 3 aliphatic heterocycles. The first-order valence-electron chi connectivity index (χ1n) is 21.3. The van der Waals surface area contributed by atoms with Gasteiger partial charge in [0.15, 0.2) is 0 Å². The Morgan fingerprint density at radius 2 is 1.80 bits per heavy atom.